The highest BCUT2D eigenvalue weighted by molar-refractivity contribution is 7.89. The van der Waals surface area contributed by atoms with Crippen molar-refractivity contribution in [1.29, 1.82) is 0 Å². The van der Waals surface area contributed by atoms with Crippen LogP contribution >= 0.6 is 0 Å². The quantitative estimate of drug-likeness (QED) is 0.210. The summed E-state index contributed by atoms with van der Waals surface area (Å²) in [4.78, 5) is 14.2. The summed E-state index contributed by atoms with van der Waals surface area (Å²) >= 11 is 0. The summed E-state index contributed by atoms with van der Waals surface area (Å²) in [6.07, 6.45) is 5.38. The van der Waals surface area contributed by atoms with Crippen LogP contribution in [0.3, 0.4) is 0 Å². The molecule has 218 valence electrons. The molecule has 5 aromatic rings. The fourth-order valence-electron chi connectivity index (χ4n) is 5.57. The normalized spacial score (nSPS) is 16.5. The van der Waals surface area contributed by atoms with E-state index in [0.29, 0.717) is 46.9 Å². The van der Waals surface area contributed by atoms with Gasteiger partial charge in [0.2, 0.25) is 10.0 Å². The van der Waals surface area contributed by atoms with Crippen molar-refractivity contribution in [3.63, 3.8) is 0 Å². The molecule has 1 saturated heterocycles. The minimum Gasteiger partial charge on any atom is -0.267 e. The van der Waals surface area contributed by atoms with Crippen molar-refractivity contribution in [1.82, 2.24) is 14.1 Å². The molecule has 7 rings (SSSR count). The number of aromatic nitrogens is 2. The summed E-state index contributed by atoms with van der Waals surface area (Å²) in [6, 6.07) is 35.5. The lowest BCUT2D eigenvalue weighted by Gasteiger charge is -2.16. The second-order valence-electron chi connectivity index (χ2n) is 10.7. The molecule has 0 aliphatic carbocycles. The van der Waals surface area contributed by atoms with E-state index in [1.54, 1.807) is 29.0 Å². The predicted molar refractivity (Wildman–Crippen MR) is 172 cm³/mol. The number of benzene rings is 4. The van der Waals surface area contributed by atoms with Crippen LogP contribution < -0.4 is 5.01 Å². The third-order valence-corrected chi connectivity index (χ3v) is 9.69. The molecular formula is C35H29N5O3S. The number of hydrazone groups is 1. The Kier molecular flexibility index (Phi) is 7.25. The Morgan fingerprint density at radius 2 is 1.32 bits per heavy atom. The van der Waals surface area contributed by atoms with Crippen molar-refractivity contribution in [3.05, 3.63) is 138 Å². The second kappa shape index (κ2) is 11.5. The molecule has 0 radical (unpaired) electrons. The van der Waals surface area contributed by atoms with E-state index in [-0.39, 0.29) is 10.8 Å². The topological polar surface area (TPSA) is 87.9 Å². The van der Waals surface area contributed by atoms with Gasteiger partial charge in [0.05, 0.1) is 21.8 Å². The van der Waals surface area contributed by atoms with Gasteiger partial charge in [0.1, 0.15) is 11.4 Å². The SMILES string of the molecule is O=C1C(=Cc2cn(-c3ccccc3)nc2-c2cccc(S(=O)(=O)N3CCCC3)c2)C(c2ccccc2)=NN1c1ccccc1. The molecule has 1 fully saturated rings. The maximum atomic E-state index is 14.0. The van der Waals surface area contributed by atoms with Gasteiger partial charge < -0.3 is 0 Å². The van der Waals surface area contributed by atoms with Crippen molar-refractivity contribution in [3.8, 4) is 16.9 Å². The smallest absolute Gasteiger partial charge is 0.267 e. The lowest BCUT2D eigenvalue weighted by atomic mass is 9.99. The molecule has 9 heteroatoms. The van der Waals surface area contributed by atoms with Gasteiger partial charge in [-0.25, -0.2) is 13.1 Å². The van der Waals surface area contributed by atoms with Gasteiger partial charge in [-0.1, -0.05) is 78.9 Å². The van der Waals surface area contributed by atoms with Gasteiger partial charge in [-0.2, -0.15) is 19.5 Å². The van der Waals surface area contributed by atoms with Gasteiger partial charge in [0.15, 0.2) is 0 Å². The number of anilines is 1. The molecule has 0 spiro atoms. The van der Waals surface area contributed by atoms with Crippen LogP contribution in [0.2, 0.25) is 0 Å². The summed E-state index contributed by atoms with van der Waals surface area (Å²) in [5.41, 5.74) is 5.11. The zero-order valence-corrected chi connectivity index (χ0v) is 24.6. The predicted octanol–water partition coefficient (Wildman–Crippen LogP) is 6.16. The first-order valence-corrected chi connectivity index (χ1v) is 15.9. The van der Waals surface area contributed by atoms with Crippen LogP contribution in [-0.2, 0) is 14.8 Å². The van der Waals surface area contributed by atoms with E-state index in [9.17, 15) is 13.2 Å². The number of para-hydroxylation sites is 2. The van der Waals surface area contributed by atoms with Crippen molar-refractivity contribution in [2.45, 2.75) is 17.7 Å². The van der Waals surface area contributed by atoms with E-state index in [1.807, 2.05) is 103 Å². The largest absolute Gasteiger partial charge is 0.281 e. The number of hydrogen-bond donors (Lipinski definition) is 0. The van der Waals surface area contributed by atoms with Gasteiger partial charge in [-0.15, -0.1) is 0 Å². The number of sulfonamides is 1. The summed E-state index contributed by atoms with van der Waals surface area (Å²) < 4.78 is 30.2. The minimum absolute atomic E-state index is 0.225. The number of hydrogen-bond acceptors (Lipinski definition) is 5. The van der Waals surface area contributed by atoms with E-state index in [4.69, 9.17) is 10.2 Å². The van der Waals surface area contributed by atoms with Crippen LogP contribution in [0.25, 0.3) is 23.0 Å². The van der Waals surface area contributed by atoms with Gasteiger partial charge in [0, 0.05) is 36.0 Å². The molecule has 2 aliphatic heterocycles. The molecule has 4 aromatic carbocycles. The first-order valence-electron chi connectivity index (χ1n) is 14.5. The third-order valence-electron chi connectivity index (χ3n) is 7.80. The molecule has 1 amide bonds. The lowest BCUT2D eigenvalue weighted by molar-refractivity contribution is -0.114. The third kappa shape index (κ3) is 5.16. The van der Waals surface area contributed by atoms with Gasteiger partial charge in [0.25, 0.3) is 5.91 Å². The Labute approximate surface area is 256 Å². The highest BCUT2D eigenvalue weighted by Gasteiger charge is 2.33. The highest BCUT2D eigenvalue weighted by atomic mass is 32.2. The Bertz CT molecular complexity index is 2000. The highest BCUT2D eigenvalue weighted by Crippen LogP contribution is 2.32. The van der Waals surface area contributed by atoms with Crippen molar-refractivity contribution in [2.75, 3.05) is 18.1 Å². The van der Waals surface area contributed by atoms with E-state index in [1.165, 1.54) is 9.31 Å². The summed E-state index contributed by atoms with van der Waals surface area (Å²) in [6.45, 7) is 1.04. The second-order valence-corrected chi connectivity index (χ2v) is 12.6. The zero-order chi connectivity index (χ0) is 30.1. The molecule has 0 N–H and O–H groups in total. The van der Waals surface area contributed by atoms with Crippen LogP contribution in [0.5, 0.6) is 0 Å². The maximum Gasteiger partial charge on any atom is 0.281 e. The molecule has 0 saturated carbocycles. The summed E-state index contributed by atoms with van der Waals surface area (Å²) in [5.74, 6) is -0.265. The Balaban J connectivity index is 1.38. The van der Waals surface area contributed by atoms with E-state index in [2.05, 4.69) is 0 Å². The van der Waals surface area contributed by atoms with E-state index >= 15 is 0 Å². The Morgan fingerprint density at radius 3 is 2.00 bits per heavy atom. The molecule has 0 atom stereocenters. The van der Waals surface area contributed by atoms with Crippen LogP contribution in [0.1, 0.15) is 24.0 Å². The van der Waals surface area contributed by atoms with Crippen molar-refractivity contribution in [2.24, 2.45) is 5.10 Å². The standard InChI is InChI=1S/C35H29N5O3S/c41-35-32(34(26-13-4-1-5-14-26)37-40(35)30-18-8-3-9-19-30)24-28-25-39(29-16-6-2-7-17-29)36-33(28)27-15-12-20-31(23-27)44(42,43)38-21-10-11-22-38/h1-9,12-20,23-25H,10-11,21-22H2. The van der Waals surface area contributed by atoms with Crippen LogP contribution in [0, 0.1) is 0 Å². The van der Waals surface area contributed by atoms with Crippen LogP contribution in [-0.4, -0.2) is 47.2 Å². The average molecular weight is 600 g/mol. The Hall–Kier alpha value is -5.12. The molecule has 44 heavy (non-hydrogen) atoms. The molecule has 1 aromatic heterocycles. The number of nitrogens with zero attached hydrogens (tertiary/aromatic N) is 5. The molecule has 8 nitrogen and oxygen atoms in total. The molecule has 0 unspecified atom stereocenters. The van der Waals surface area contributed by atoms with Gasteiger partial charge in [-0.05, 0) is 55.3 Å². The van der Waals surface area contributed by atoms with E-state index < -0.39 is 10.0 Å². The fraction of sp³-hybridized carbons (Fsp3) is 0.114. The average Bonchev–Trinajstić information content (AvgIpc) is 3.83. The summed E-state index contributed by atoms with van der Waals surface area (Å²) in [7, 11) is -3.64. The maximum absolute atomic E-state index is 14.0. The lowest BCUT2D eigenvalue weighted by Crippen LogP contribution is -2.27. The minimum atomic E-state index is -3.64. The number of rotatable bonds is 7. The fourth-order valence-corrected chi connectivity index (χ4v) is 7.13. The molecule has 2 aliphatic rings. The monoisotopic (exact) mass is 599 g/mol. The molecule has 0 bridgehead atoms. The zero-order valence-electron chi connectivity index (χ0n) is 23.8. The van der Waals surface area contributed by atoms with Crippen LogP contribution in [0.15, 0.2) is 137 Å². The first-order chi connectivity index (χ1) is 21.5. The molecule has 3 heterocycles. The number of carbonyl (C=O) groups is 1. The Morgan fingerprint density at radius 1 is 0.705 bits per heavy atom. The van der Waals surface area contributed by atoms with Crippen molar-refractivity contribution < 1.29 is 13.2 Å². The van der Waals surface area contributed by atoms with Gasteiger partial charge >= 0.3 is 0 Å². The van der Waals surface area contributed by atoms with Crippen molar-refractivity contribution >= 4 is 33.4 Å². The summed E-state index contributed by atoms with van der Waals surface area (Å²) in [5, 5.41) is 11.1. The first kappa shape index (κ1) is 27.7. The molecular weight excluding hydrogens is 570 g/mol. The number of carbonyl (C=O) groups excluding carboxylic acids is 1. The number of amides is 1. The van der Waals surface area contributed by atoms with E-state index in [0.717, 1.165) is 24.1 Å². The van der Waals surface area contributed by atoms with Gasteiger partial charge in [-0.3, -0.25) is 4.79 Å². The van der Waals surface area contributed by atoms with Crippen LogP contribution in [0.4, 0.5) is 5.69 Å².